The van der Waals surface area contributed by atoms with Gasteiger partial charge in [0, 0.05) is 4.43 Å². The lowest BCUT2D eigenvalue weighted by atomic mass is 9.75. The van der Waals surface area contributed by atoms with E-state index >= 15 is 0 Å². The summed E-state index contributed by atoms with van der Waals surface area (Å²) in [5.41, 5.74) is 0.548. The molecule has 1 heteroatoms. The third-order valence-electron chi connectivity index (χ3n) is 2.97. The van der Waals surface area contributed by atoms with Gasteiger partial charge in [0.15, 0.2) is 0 Å². The van der Waals surface area contributed by atoms with Crippen LogP contribution >= 0.6 is 22.6 Å². The van der Waals surface area contributed by atoms with E-state index in [0.29, 0.717) is 5.41 Å². The number of hydrogen-bond acceptors (Lipinski definition) is 0. The Kier molecular flexibility index (Phi) is 3.24. The quantitative estimate of drug-likeness (QED) is 0.499. The van der Waals surface area contributed by atoms with E-state index in [2.05, 4.69) is 43.4 Å². The summed E-state index contributed by atoms with van der Waals surface area (Å²) in [5, 5.41) is 0. The maximum absolute atomic E-state index is 2.54. The van der Waals surface area contributed by atoms with Crippen LogP contribution in [0.3, 0.4) is 0 Å². The van der Waals surface area contributed by atoms with Gasteiger partial charge >= 0.3 is 0 Å². The first-order chi connectivity index (χ1) is 5.05. The summed E-state index contributed by atoms with van der Waals surface area (Å²) in [6, 6.07) is 0. The lowest BCUT2D eigenvalue weighted by Gasteiger charge is -2.31. The molecule has 1 saturated carbocycles. The van der Waals surface area contributed by atoms with Crippen molar-refractivity contribution in [2.24, 2.45) is 17.3 Å². The molecule has 0 aromatic rings. The maximum atomic E-state index is 2.54. The van der Waals surface area contributed by atoms with Crippen LogP contribution in [-0.4, -0.2) is 4.43 Å². The van der Waals surface area contributed by atoms with E-state index in [9.17, 15) is 0 Å². The van der Waals surface area contributed by atoms with E-state index < -0.39 is 0 Å². The number of rotatable bonds is 1. The van der Waals surface area contributed by atoms with Gasteiger partial charge in [-0.3, -0.25) is 0 Å². The molecular weight excluding hydrogens is 247 g/mol. The molecule has 11 heavy (non-hydrogen) atoms. The first-order valence-electron chi connectivity index (χ1n) is 4.61. The summed E-state index contributed by atoms with van der Waals surface area (Å²) in [4.78, 5) is 0. The molecule has 0 N–H and O–H groups in total. The molecule has 0 amide bonds. The van der Waals surface area contributed by atoms with Gasteiger partial charge in [0.1, 0.15) is 0 Å². The van der Waals surface area contributed by atoms with Crippen molar-refractivity contribution in [1.82, 2.24) is 0 Å². The van der Waals surface area contributed by atoms with Gasteiger partial charge < -0.3 is 0 Å². The molecule has 1 aliphatic rings. The highest BCUT2D eigenvalue weighted by atomic mass is 127. The van der Waals surface area contributed by atoms with Crippen LogP contribution in [0, 0.1) is 17.3 Å². The van der Waals surface area contributed by atoms with E-state index in [4.69, 9.17) is 0 Å². The fourth-order valence-electron chi connectivity index (χ4n) is 2.36. The van der Waals surface area contributed by atoms with Crippen LogP contribution in [0.1, 0.15) is 40.0 Å². The lowest BCUT2D eigenvalue weighted by molar-refractivity contribution is 0.200. The normalized spacial score (nSPS) is 32.7. The Balaban J connectivity index is 2.57. The molecule has 0 aromatic heterocycles. The molecule has 1 rings (SSSR count). The van der Waals surface area contributed by atoms with Crippen LogP contribution in [0.4, 0.5) is 0 Å². The highest BCUT2D eigenvalue weighted by Crippen LogP contribution is 2.43. The summed E-state index contributed by atoms with van der Waals surface area (Å²) in [6.07, 6.45) is 4.41. The Hall–Kier alpha value is 0.730. The van der Waals surface area contributed by atoms with E-state index in [1.54, 1.807) is 0 Å². The van der Waals surface area contributed by atoms with Crippen LogP contribution in [-0.2, 0) is 0 Å². The molecule has 1 fully saturated rings. The van der Waals surface area contributed by atoms with Crippen LogP contribution in [0.5, 0.6) is 0 Å². The predicted octanol–water partition coefficient (Wildman–Crippen LogP) is 3.88. The second kappa shape index (κ2) is 3.63. The van der Waals surface area contributed by atoms with E-state index in [0.717, 1.165) is 11.8 Å². The molecule has 0 unspecified atom stereocenters. The van der Waals surface area contributed by atoms with Crippen molar-refractivity contribution < 1.29 is 0 Å². The molecule has 1 aliphatic carbocycles. The standard InChI is InChI=1S/C10H19I/c1-10(2,3)9-6-4-5-8(9)7-11/h8-9H,4-7H2,1-3H3/t8-,9-/m1/s1. The monoisotopic (exact) mass is 266 g/mol. The summed E-state index contributed by atoms with van der Waals surface area (Å²) in [7, 11) is 0. The molecule has 0 nitrogen and oxygen atoms in total. The third kappa shape index (κ3) is 2.33. The Bertz CT molecular complexity index is 123. The van der Waals surface area contributed by atoms with E-state index in [1.165, 1.54) is 23.7 Å². The molecule has 66 valence electrons. The van der Waals surface area contributed by atoms with Gasteiger partial charge in [-0.25, -0.2) is 0 Å². The van der Waals surface area contributed by atoms with Crippen molar-refractivity contribution in [2.45, 2.75) is 40.0 Å². The van der Waals surface area contributed by atoms with Gasteiger partial charge in [-0.2, -0.15) is 0 Å². The first kappa shape index (κ1) is 9.82. The second-order valence-corrected chi connectivity index (χ2v) is 5.70. The van der Waals surface area contributed by atoms with Gasteiger partial charge in [0.05, 0.1) is 0 Å². The molecule has 0 bridgehead atoms. The van der Waals surface area contributed by atoms with E-state index in [1.807, 2.05) is 0 Å². The largest absolute Gasteiger partial charge is 0.0861 e. The Morgan fingerprint density at radius 2 is 1.91 bits per heavy atom. The molecule has 0 radical (unpaired) electrons. The second-order valence-electron chi connectivity index (χ2n) is 4.82. The molecule has 2 atom stereocenters. The smallest absolute Gasteiger partial charge is 0.00265 e. The van der Waals surface area contributed by atoms with Crippen molar-refractivity contribution in [3.8, 4) is 0 Å². The molecule has 0 heterocycles. The summed E-state index contributed by atoms with van der Waals surface area (Å²) < 4.78 is 1.36. The minimum Gasteiger partial charge on any atom is -0.0861 e. The van der Waals surface area contributed by atoms with Gasteiger partial charge in [-0.1, -0.05) is 49.8 Å². The Labute approximate surface area is 84.3 Å². The summed E-state index contributed by atoms with van der Waals surface area (Å²) in [5.74, 6) is 2.00. The third-order valence-corrected chi connectivity index (χ3v) is 4.10. The molecule has 0 aromatic carbocycles. The molecule has 0 saturated heterocycles. The van der Waals surface area contributed by atoms with Crippen molar-refractivity contribution in [3.05, 3.63) is 0 Å². The topological polar surface area (TPSA) is 0 Å². The highest BCUT2D eigenvalue weighted by molar-refractivity contribution is 14.1. The number of alkyl halides is 1. The summed E-state index contributed by atoms with van der Waals surface area (Å²) in [6.45, 7) is 7.17. The minimum absolute atomic E-state index is 0.548. The Morgan fingerprint density at radius 1 is 1.27 bits per heavy atom. The zero-order valence-corrected chi connectivity index (χ0v) is 10.0. The van der Waals surface area contributed by atoms with Crippen LogP contribution in [0.2, 0.25) is 0 Å². The van der Waals surface area contributed by atoms with Crippen LogP contribution < -0.4 is 0 Å². The predicted molar refractivity (Wildman–Crippen MR) is 59.2 cm³/mol. The van der Waals surface area contributed by atoms with Gasteiger partial charge in [0.2, 0.25) is 0 Å². The van der Waals surface area contributed by atoms with Crippen molar-refractivity contribution in [2.75, 3.05) is 4.43 Å². The van der Waals surface area contributed by atoms with Crippen molar-refractivity contribution in [3.63, 3.8) is 0 Å². The number of hydrogen-bond donors (Lipinski definition) is 0. The zero-order valence-electron chi connectivity index (χ0n) is 7.86. The summed E-state index contributed by atoms with van der Waals surface area (Å²) >= 11 is 2.54. The van der Waals surface area contributed by atoms with Crippen LogP contribution in [0.15, 0.2) is 0 Å². The van der Waals surface area contributed by atoms with Gasteiger partial charge in [-0.05, 0) is 30.1 Å². The molecule has 0 spiro atoms. The Morgan fingerprint density at radius 3 is 2.27 bits per heavy atom. The average molecular weight is 266 g/mol. The number of halogens is 1. The minimum atomic E-state index is 0.548. The molecular formula is C10H19I. The maximum Gasteiger partial charge on any atom is 0.00265 e. The van der Waals surface area contributed by atoms with Gasteiger partial charge in [-0.15, -0.1) is 0 Å². The van der Waals surface area contributed by atoms with Gasteiger partial charge in [0.25, 0.3) is 0 Å². The average Bonchev–Trinajstić information content (AvgIpc) is 2.31. The zero-order chi connectivity index (χ0) is 8.48. The highest BCUT2D eigenvalue weighted by Gasteiger charge is 2.34. The van der Waals surface area contributed by atoms with Crippen LogP contribution in [0.25, 0.3) is 0 Å². The van der Waals surface area contributed by atoms with E-state index in [-0.39, 0.29) is 0 Å². The SMILES string of the molecule is CC(C)(C)[C@@H]1CCC[C@@H]1CI. The fraction of sp³-hybridized carbons (Fsp3) is 1.00. The lowest BCUT2D eigenvalue weighted by Crippen LogP contribution is -2.24. The first-order valence-corrected chi connectivity index (χ1v) is 6.14. The van der Waals surface area contributed by atoms with Crippen molar-refractivity contribution >= 4 is 22.6 Å². The van der Waals surface area contributed by atoms with Crippen molar-refractivity contribution in [1.29, 1.82) is 0 Å². The molecule has 0 aliphatic heterocycles. The fourth-order valence-corrected chi connectivity index (χ4v) is 3.42.